The number of nitrogens with zero attached hydrogens (tertiary/aromatic N) is 1. The number of aliphatic hydroxyl groups excluding tert-OH is 3. The Morgan fingerprint density at radius 1 is 0.938 bits per heavy atom. The van der Waals surface area contributed by atoms with Crippen LogP contribution in [0.1, 0.15) is 0 Å². The summed E-state index contributed by atoms with van der Waals surface area (Å²) in [7, 11) is 0. The Kier molecular flexibility index (Phi) is 1.86. The lowest BCUT2D eigenvalue weighted by atomic mass is 9.87. The van der Waals surface area contributed by atoms with E-state index in [0.29, 0.717) is 0 Å². The second-order valence-electron chi connectivity index (χ2n) is 3.99. The van der Waals surface area contributed by atoms with Gasteiger partial charge in [0.2, 0.25) is 0 Å². The van der Waals surface area contributed by atoms with Gasteiger partial charge in [-0.1, -0.05) is 0 Å². The zero-order valence-corrected chi connectivity index (χ0v) is 7.79. The molecule has 0 bridgehead atoms. The molecule has 0 aromatic rings. The van der Waals surface area contributed by atoms with Crippen molar-refractivity contribution >= 4 is 0 Å². The number of nitro groups is 1. The zero-order valence-electron chi connectivity index (χ0n) is 7.79. The molecule has 3 rings (SSSR count). The minimum Gasteiger partial charge on any atom is -0.366 e. The summed E-state index contributed by atoms with van der Waals surface area (Å²) in [5.74, 6) is 0. The zero-order chi connectivity index (χ0) is 11.7. The van der Waals surface area contributed by atoms with Crippen LogP contribution in [0.25, 0.3) is 0 Å². The summed E-state index contributed by atoms with van der Waals surface area (Å²) in [5.41, 5.74) is -1.95. The topological polar surface area (TPSA) is 132 Å². The Morgan fingerprint density at radius 2 is 1.25 bits per heavy atom. The van der Waals surface area contributed by atoms with E-state index < -0.39 is 47.6 Å². The lowest BCUT2D eigenvalue weighted by Gasteiger charge is -2.18. The van der Waals surface area contributed by atoms with Crippen LogP contribution in [-0.4, -0.2) is 63.0 Å². The standard InChI is InChI=1S/C7H9NO8/c9-4-1-7(8(12)13)2(5(10)14-1)16-6(11)3(7)15-4/h1-6,9-11H. The van der Waals surface area contributed by atoms with Gasteiger partial charge < -0.3 is 29.5 Å². The van der Waals surface area contributed by atoms with Gasteiger partial charge in [0.05, 0.1) is 0 Å². The smallest absolute Gasteiger partial charge is 0.314 e. The van der Waals surface area contributed by atoms with Crippen LogP contribution in [0.3, 0.4) is 0 Å². The lowest BCUT2D eigenvalue weighted by Crippen LogP contribution is -2.56. The number of aliphatic hydroxyl groups is 3. The maximum Gasteiger partial charge on any atom is 0.314 e. The first-order valence-corrected chi connectivity index (χ1v) is 4.64. The second kappa shape index (κ2) is 2.88. The molecule has 3 N–H and O–H groups in total. The quantitative estimate of drug-likeness (QED) is 0.327. The van der Waals surface area contributed by atoms with Gasteiger partial charge in [0.25, 0.3) is 0 Å². The summed E-state index contributed by atoms with van der Waals surface area (Å²) in [5, 5.41) is 39.5. The molecule has 16 heavy (non-hydrogen) atoms. The van der Waals surface area contributed by atoms with Gasteiger partial charge in [0, 0.05) is 4.92 Å². The highest BCUT2D eigenvalue weighted by atomic mass is 16.8. The van der Waals surface area contributed by atoms with Gasteiger partial charge in [0.15, 0.2) is 37.2 Å². The number of hydrogen-bond acceptors (Lipinski definition) is 8. The third kappa shape index (κ3) is 0.875. The van der Waals surface area contributed by atoms with Crippen LogP contribution in [0.2, 0.25) is 0 Å². The van der Waals surface area contributed by atoms with Gasteiger partial charge in [-0.2, -0.15) is 0 Å². The maximum atomic E-state index is 11.1. The van der Waals surface area contributed by atoms with Crippen molar-refractivity contribution in [1.29, 1.82) is 0 Å². The molecule has 3 aliphatic heterocycles. The van der Waals surface area contributed by atoms with Crippen LogP contribution >= 0.6 is 0 Å². The molecular formula is C7H9NO8. The van der Waals surface area contributed by atoms with Crippen molar-refractivity contribution in [3.8, 4) is 0 Å². The number of hydrogen-bond donors (Lipinski definition) is 3. The van der Waals surface area contributed by atoms with E-state index in [-0.39, 0.29) is 0 Å². The molecule has 0 radical (unpaired) electrons. The molecule has 3 fully saturated rings. The van der Waals surface area contributed by atoms with E-state index in [1.807, 2.05) is 0 Å². The summed E-state index contributed by atoms with van der Waals surface area (Å²) < 4.78 is 14.5. The Labute approximate surface area is 88.3 Å². The highest BCUT2D eigenvalue weighted by Gasteiger charge is 2.83. The van der Waals surface area contributed by atoms with E-state index >= 15 is 0 Å². The third-order valence-electron chi connectivity index (χ3n) is 3.32. The van der Waals surface area contributed by atoms with Gasteiger partial charge in [-0.3, -0.25) is 10.1 Å². The molecule has 9 heteroatoms. The fourth-order valence-corrected chi connectivity index (χ4v) is 2.68. The molecule has 6 unspecified atom stereocenters. The Balaban J connectivity index is 2.13. The monoisotopic (exact) mass is 235 g/mol. The van der Waals surface area contributed by atoms with Crippen molar-refractivity contribution < 1.29 is 34.5 Å². The molecule has 0 amide bonds. The van der Waals surface area contributed by atoms with E-state index in [2.05, 4.69) is 0 Å². The predicted molar refractivity (Wildman–Crippen MR) is 42.4 cm³/mol. The maximum absolute atomic E-state index is 11.1. The first kappa shape index (κ1) is 10.3. The van der Waals surface area contributed by atoms with Crippen LogP contribution in [0.5, 0.6) is 0 Å². The molecule has 3 saturated heterocycles. The van der Waals surface area contributed by atoms with Crippen molar-refractivity contribution in [2.45, 2.75) is 42.7 Å². The van der Waals surface area contributed by atoms with Crippen LogP contribution in [-0.2, 0) is 14.2 Å². The molecule has 0 aliphatic carbocycles. The van der Waals surface area contributed by atoms with Crippen LogP contribution in [0.4, 0.5) is 0 Å². The number of rotatable bonds is 1. The molecule has 0 aromatic carbocycles. The largest absolute Gasteiger partial charge is 0.366 e. The SMILES string of the molecule is O=[N+]([O-])C12C3OC(O)C1OC(O)C2OC3O. The highest BCUT2D eigenvalue weighted by Crippen LogP contribution is 2.51. The summed E-state index contributed by atoms with van der Waals surface area (Å²) in [6.45, 7) is 0. The second-order valence-corrected chi connectivity index (χ2v) is 3.99. The normalized spacial score (nSPS) is 58.9. The van der Waals surface area contributed by atoms with Crippen molar-refractivity contribution in [3.05, 3.63) is 10.1 Å². The van der Waals surface area contributed by atoms with Gasteiger partial charge in [-0.15, -0.1) is 0 Å². The van der Waals surface area contributed by atoms with Crippen LogP contribution < -0.4 is 0 Å². The van der Waals surface area contributed by atoms with Crippen molar-refractivity contribution in [1.82, 2.24) is 0 Å². The van der Waals surface area contributed by atoms with Gasteiger partial charge in [0.1, 0.15) is 0 Å². The molecule has 3 aliphatic rings. The molecule has 90 valence electrons. The molecule has 0 aromatic heterocycles. The fourth-order valence-electron chi connectivity index (χ4n) is 2.68. The average Bonchev–Trinajstić information content (AvgIpc) is 2.74. The highest BCUT2D eigenvalue weighted by molar-refractivity contribution is 5.16. The molecule has 0 spiro atoms. The Bertz CT molecular complexity index is 306. The predicted octanol–water partition coefficient (Wildman–Crippen LogP) is -2.85. The van der Waals surface area contributed by atoms with E-state index in [4.69, 9.17) is 14.2 Å². The first-order valence-electron chi connectivity index (χ1n) is 4.64. The van der Waals surface area contributed by atoms with E-state index in [0.717, 1.165) is 0 Å². The first-order chi connectivity index (χ1) is 7.49. The van der Waals surface area contributed by atoms with Crippen molar-refractivity contribution in [3.63, 3.8) is 0 Å². The van der Waals surface area contributed by atoms with Crippen molar-refractivity contribution in [2.75, 3.05) is 0 Å². The van der Waals surface area contributed by atoms with E-state index in [9.17, 15) is 25.4 Å². The average molecular weight is 235 g/mol. The molecular weight excluding hydrogens is 226 g/mol. The van der Waals surface area contributed by atoms with Gasteiger partial charge in [-0.25, -0.2) is 0 Å². The molecule has 6 atom stereocenters. The Morgan fingerprint density at radius 3 is 1.50 bits per heavy atom. The van der Waals surface area contributed by atoms with E-state index in [1.54, 1.807) is 0 Å². The fraction of sp³-hybridized carbons (Fsp3) is 1.00. The molecule has 9 nitrogen and oxygen atoms in total. The minimum absolute atomic E-state index is 0.727. The van der Waals surface area contributed by atoms with Crippen molar-refractivity contribution in [2.24, 2.45) is 0 Å². The summed E-state index contributed by atoms with van der Waals surface area (Å²) in [6, 6.07) is 0. The van der Waals surface area contributed by atoms with Gasteiger partial charge >= 0.3 is 5.54 Å². The number of ether oxygens (including phenoxy) is 3. The van der Waals surface area contributed by atoms with Crippen LogP contribution in [0.15, 0.2) is 0 Å². The Hall–Kier alpha value is -0.840. The minimum atomic E-state index is -1.95. The van der Waals surface area contributed by atoms with E-state index in [1.165, 1.54) is 0 Å². The van der Waals surface area contributed by atoms with Crippen LogP contribution in [0, 0.1) is 10.1 Å². The van der Waals surface area contributed by atoms with Gasteiger partial charge in [-0.05, 0) is 0 Å². The molecule has 3 heterocycles. The molecule has 0 saturated carbocycles. The summed E-state index contributed by atoms with van der Waals surface area (Å²) in [4.78, 5) is 10.4. The third-order valence-corrected chi connectivity index (χ3v) is 3.32. The summed E-state index contributed by atoms with van der Waals surface area (Å²) >= 11 is 0. The summed E-state index contributed by atoms with van der Waals surface area (Å²) in [6.07, 6.45) is -8.71. The lowest BCUT2D eigenvalue weighted by molar-refractivity contribution is -0.579.